The average molecular weight is 340 g/mol. The Labute approximate surface area is 144 Å². The molecule has 0 saturated heterocycles. The second kappa shape index (κ2) is 6.24. The minimum atomic E-state index is -0.192. The summed E-state index contributed by atoms with van der Waals surface area (Å²) in [6.07, 6.45) is 1.73. The molecular weight excluding hydrogens is 320 g/mol. The first-order valence-electron chi connectivity index (χ1n) is 7.81. The lowest BCUT2D eigenvalue weighted by atomic mass is 10.1. The molecule has 24 heavy (non-hydrogen) atoms. The molecule has 1 amide bonds. The van der Waals surface area contributed by atoms with E-state index in [2.05, 4.69) is 23.5 Å². The number of rotatable bonds is 3. The van der Waals surface area contributed by atoms with Crippen LogP contribution in [0.2, 0.25) is 0 Å². The van der Waals surface area contributed by atoms with Crippen LogP contribution in [0, 0.1) is 20.8 Å². The van der Waals surface area contributed by atoms with Gasteiger partial charge in [-0.2, -0.15) is 0 Å². The van der Waals surface area contributed by atoms with Crippen LogP contribution in [0.1, 0.15) is 31.9 Å². The highest BCUT2D eigenvalue weighted by Gasteiger charge is 2.19. The number of hydrogen-bond acceptors (Lipinski definition) is 3. The fraction of sp³-hybridized carbons (Fsp3) is 0.263. The number of carbonyl (C=O) groups is 1. The predicted octanol–water partition coefficient (Wildman–Crippen LogP) is 3.46. The van der Waals surface area contributed by atoms with Gasteiger partial charge in [-0.05, 0) is 38.0 Å². The number of pyridine rings is 1. The summed E-state index contributed by atoms with van der Waals surface area (Å²) in [6, 6.07) is 8.07. The van der Waals surface area contributed by atoms with Crippen LogP contribution in [-0.4, -0.2) is 10.5 Å². The Morgan fingerprint density at radius 1 is 1.21 bits per heavy atom. The fourth-order valence-corrected chi connectivity index (χ4v) is 3.89. The van der Waals surface area contributed by atoms with Crippen LogP contribution in [0.15, 0.2) is 35.3 Å². The van der Waals surface area contributed by atoms with E-state index in [1.54, 1.807) is 13.2 Å². The molecule has 0 saturated carbocycles. The average Bonchev–Trinajstić information content (AvgIpc) is 2.88. The van der Waals surface area contributed by atoms with Crippen LogP contribution in [0.5, 0.6) is 0 Å². The molecule has 0 fully saturated rings. The molecule has 0 bridgehead atoms. The van der Waals surface area contributed by atoms with Gasteiger partial charge in [-0.1, -0.05) is 23.8 Å². The van der Waals surface area contributed by atoms with E-state index in [1.807, 2.05) is 26.8 Å². The monoisotopic (exact) mass is 340 g/mol. The lowest BCUT2D eigenvalue weighted by Gasteiger charge is -2.09. The van der Waals surface area contributed by atoms with Crippen molar-refractivity contribution in [3.63, 3.8) is 0 Å². The number of benzene rings is 1. The Balaban J connectivity index is 1.95. The summed E-state index contributed by atoms with van der Waals surface area (Å²) in [5, 5.41) is 3.48. The minimum absolute atomic E-state index is 0.131. The van der Waals surface area contributed by atoms with Crippen molar-refractivity contribution in [1.82, 2.24) is 9.88 Å². The molecular formula is C19H20N2O2S. The Hall–Kier alpha value is -2.40. The summed E-state index contributed by atoms with van der Waals surface area (Å²) in [5.41, 5.74) is 3.77. The number of thiophene rings is 1. The molecule has 124 valence electrons. The summed E-state index contributed by atoms with van der Waals surface area (Å²) >= 11 is 1.48. The van der Waals surface area contributed by atoms with Crippen molar-refractivity contribution in [2.24, 2.45) is 7.05 Å². The minimum Gasteiger partial charge on any atom is -0.348 e. The number of fused-ring (bicyclic) bond motifs is 1. The molecule has 2 aromatic heterocycles. The molecule has 0 atom stereocenters. The van der Waals surface area contributed by atoms with Crippen LogP contribution < -0.4 is 10.9 Å². The van der Waals surface area contributed by atoms with Gasteiger partial charge in [0.25, 0.3) is 11.5 Å². The molecule has 0 unspecified atom stereocenters. The van der Waals surface area contributed by atoms with Gasteiger partial charge in [-0.15, -0.1) is 11.3 Å². The van der Waals surface area contributed by atoms with E-state index in [4.69, 9.17) is 0 Å². The van der Waals surface area contributed by atoms with Crippen LogP contribution in [0.4, 0.5) is 0 Å². The highest BCUT2D eigenvalue weighted by molar-refractivity contribution is 7.19. The summed E-state index contributed by atoms with van der Waals surface area (Å²) in [5.74, 6) is -0.192. The number of carbonyl (C=O) groups excluding carboxylic acids is 1. The van der Waals surface area contributed by atoms with E-state index in [-0.39, 0.29) is 11.5 Å². The van der Waals surface area contributed by atoms with Gasteiger partial charge in [-0.3, -0.25) is 9.59 Å². The van der Waals surface area contributed by atoms with E-state index in [1.165, 1.54) is 15.9 Å². The van der Waals surface area contributed by atoms with Gasteiger partial charge in [0.15, 0.2) is 0 Å². The number of nitrogens with zero attached hydrogens (tertiary/aromatic N) is 1. The topological polar surface area (TPSA) is 51.1 Å². The van der Waals surface area contributed by atoms with E-state index in [0.29, 0.717) is 17.5 Å². The van der Waals surface area contributed by atoms with Crippen molar-refractivity contribution in [3.8, 4) is 0 Å². The third-order valence-corrected chi connectivity index (χ3v) is 5.34. The SMILES string of the molecule is Cc1ccc(C)c(CNC(=O)c2c(C)sc3ccn(C)c(=O)c23)c1. The normalized spacial score (nSPS) is 11.0. The summed E-state index contributed by atoms with van der Waals surface area (Å²) in [6.45, 7) is 6.40. The lowest BCUT2D eigenvalue weighted by molar-refractivity contribution is 0.0952. The molecule has 0 spiro atoms. The van der Waals surface area contributed by atoms with Gasteiger partial charge >= 0.3 is 0 Å². The molecule has 1 N–H and O–H groups in total. The van der Waals surface area contributed by atoms with E-state index in [0.717, 1.165) is 26.3 Å². The van der Waals surface area contributed by atoms with Crippen LogP contribution in [0.3, 0.4) is 0 Å². The number of hydrogen-bond donors (Lipinski definition) is 1. The van der Waals surface area contributed by atoms with Gasteiger partial charge in [0.05, 0.1) is 10.9 Å². The van der Waals surface area contributed by atoms with E-state index >= 15 is 0 Å². The summed E-state index contributed by atoms with van der Waals surface area (Å²) in [7, 11) is 1.70. The largest absolute Gasteiger partial charge is 0.348 e. The van der Waals surface area contributed by atoms with E-state index in [9.17, 15) is 9.59 Å². The van der Waals surface area contributed by atoms with Crippen molar-refractivity contribution >= 4 is 27.3 Å². The Morgan fingerprint density at radius 2 is 1.96 bits per heavy atom. The Kier molecular flexibility index (Phi) is 4.28. The zero-order valence-electron chi connectivity index (χ0n) is 14.3. The summed E-state index contributed by atoms with van der Waals surface area (Å²) in [4.78, 5) is 26.0. The first-order valence-corrected chi connectivity index (χ1v) is 8.63. The second-order valence-corrected chi connectivity index (χ2v) is 7.37. The number of nitrogens with one attached hydrogen (secondary N) is 1. The molecule has 4 nitrogen and oxygen atoms in total. The van der Waals surface area contributed by atoms with Crippen molar-refractivity contribution in [3.05, 3.63) is 67.9 Å². The quantitative estimate of drug-likeness (QED) is 0.794. The molecule has 0 aliphatic rings. The van der Waals surface area contributed by atoms with Gasteiger partial charge in [0, 0.05) is 29.4 Å². The molecule has 1 aromatic carbocycles. The molecule has 3 aromatic rings. The fourth-order valence-electron chi connectivity index (χ4n) is 2.85. The van der Waals surface area contributed by atoms with Crippen LogP contribution >= 0.6 is 11.3 Å². The molecule has 2 heterocycles. The van der Waals surface area contributed by atoms with Gasteiger partial charge in [0.2, 0.25) is 0 Å². The van der Waals surface area contributed by atoms with Crippen molar-refractivity contribution in [1.29, 1.82) is 0 Å². The second-order valence-electron chi connectivity index (χ2n) is 6.12. The van der Waals surface area contributed by atoms with Gasteiger partial charge in [-0.25, -0.2) is 0 Å². The zero-order valence-corrected chi connectivity index (χ0v) is 15.1. The lowest BCUT2D eigenvalue weighted by Crippen LogP contribution is -2.26. The highest BCUT2D eigenvalue weighted by Crippen LogP contribution is 2.28. The predicted molar refractivity (Wildman–Crippen MR) is 98.9 cm³/mol. The number of aromatic nitrogens is 1. The third kappa shape index (κ3) is 2.87. The molecule has 3 rings (SSSR count). The summed E-state index contributed by atoms with van der Waals surface area (Å²) < 4.78 is 2.36. The highest BCUT2D eigenvalue weighted by atomic mass is 32.1. The maximum Gasteiger partial charge on any atom is 0.259 e. The van der Waals surface area contributed by atoms with Crippen LogP contribution in [-0.2, 0) is 13.6 Å². The van der Waals surface area contributed by atoms with Crippen molar-refractivity contribution in [2.45, 2.75) is 27.3 Å². The van der Waals surface area contributed by atoms with Gasteiger partial charge < -0.3 is 9.88 Å². The molecule has 0 aliphatic heterocycles. The van der Waals surface area contributed by atoms with Gasteiger partial charge in [0.1, 0.15) is 0 Å². The first-order chi connectivity index (χ1) is 11.4. The zero-order chi connectivity index (χ0) is 17.4. The Morgan fingerprint density at radius 3 is 2.71 bits per heavy atom. The standard InChI is InChI=1S/C19H20N2O2S/c1-11-5-6-12(2)14(9-11)10-20-18(22)16-13(3)24-15-7-8-21(4)19(23)17(15)16/h5-9H,10H2,1-4H3,(H,20,22). The van der Waals surface area contributed by atoms with Crippen molar-refractivity contribution in [2.75, 3.05) is 0 Å². The number of aryl methyl sites for hydroxylation is 4. The molecule has 0 aliphatic carbocycles. The van der Waals surface area contributed by atoms with Crippen LogP contribution in [0.25, 0.3) is 10.1 Å². The molecule has 0 radical (unpaired) electrons. The number of amides is 1. The first kappa shape index (κ1) is 16.5. The Bertz CT molecular complexity index is 999. The molecule has 5 heteroatoms. The maximum absolute atomic E-state index is 12.7. The van der Waals surface area contributed by atoms with E-state index < -0.39 is 0 Å². The maximum atomic E-state index is 12.7. The smallest absolute Gasteiger partial charge is 0.259 e. The van der Waals surface area contributed by atoms with Crippen molar-refractivity contribution < 1.29 is 4.79 Å². The third-order valence-electron chi connectivity index (χ3n) is 4.27.